The molecule has 0 radical (unpaired) electrons. The Labute approximate surface area is 185 Å². The van der Waals surface area contributed by atoms with Gasteiger partial charge in [0.2, 0.25) is 0 Å². The molecule has 0 bridgehead atoms. The third kappa shape index (κ3) is 4.67. The van der Waals surface area contributed by atoms with E-state index in [2.05, 4.69) is 6.92 Å². The van der Waals surface area contributed by atoms with Crippen LogP contribution >= 0.6 is 22.6 Å². The van der Waals surface area contributed by atoms with E-state index in [0.717, 1.165) is 36.2 Å². The second-order valence-corrected chi connectivity index (χ2v) is 10.2. The zero-order valence-electron chi connectivity index (χ0n) is 16.9. The Bertz CT molecular complexity index is 839. The number of hydrogen-bond donors (Lipinski definition) is 0. The van der Waals surface area contributed by atoms with Gasteiger partial charge in [0.25, 0.3) is 0 Å². The first kappa shape index (κ1) is 21.2. The lowest BCUT2D eigenvalue weighted by Gasteiger charge is -2.37. The van der Waals surface area contributed by atoms with Gasteiger partial charge in [-0.1, -0.05) is 31.9 Å². The second kappa shape index (κ2) is 8.99. The van der Waals surface area contributed by atoms with E-state index in [1.807, 2.05) is 6.07 Å². The lowest BCUT2D eigenvalue weighted by molar-refractivity contribution is 0.165. The van der Waals surface area contributed by atoms with E-state index in [0.29, 0.717) is 5.92 Å². The van der Waals surface area contributed by atoms with E-state index in [4.69, 9.17) is 0 Å². The summed E-state index contributed by atoms with van der Waals surface area (Å²) in [6.07, 6.45) is 10.2. The molecule has 2 fully saturated rings. The Morgan fingerprint density at radius 2 is 1.28 bits per heavy atom. The van der Waals surface area contributed by atoms with Gasteiger partial charge in [0.1, 0.15) is 17.5 Å². The minimum Gasteiger partial charge on any atom is -0.206 e. The highest BCUT2D eigenvalue weighted by molar-refractivity contribution is 14.1. The molecule has 0 heterocycles. The highest BCUT2D eigenvalue weighted by Gasteiger charge is 2.30. The fourth-order valence-electron chi connectivity index (χ4n) is 5.41. The van der Waals surface area contributed by atoms with Crippen molar-refractivity contribution in [2.45, 2.75) is 64.2 Å². The second-order valence-electron chi connectivity index (χ2n) is 9.12. The van der Waals surface area contributed by atoms with Gasteiger partial charge in [0, 0.05) is 5.56 Å². The topological polar surface area (TPSA) is 0 Å². The van der Waals surface area contributed by atoms with E-state index >= 15 is 0 Å². The predicted molar refractivity (Wildman–Crippen MR) is 120 cm³/mol. The summed E-state index contributed by atoms with van der Waals surface area (Å²) in [7, 11) is 0. The molecule has 0 nitrogen and oxygen atoms in total. The molecule has 0 unspecified atom stereocenters. The third-order valence-electron chi connectivity index (χ3n) is 7.26. The average molecular weight is 512 g/mol. The van der Waals surface area contributed by atoms with Crippen LogP contribution in [0.2, 0.25) is 0 Å². The van der Waals surface area contributed by atoms with Gasteiger partial charge in [0.15, 0.2) is 0 Å². The van der Waals surface area contributed by atoms with Crippen LogP contribution in [0.3, 0.4) is 0 Å². The first-order valence-electron chi connectivity index (χ1n) is 10.9. The SMILES string of the molecule is CC1CCC(C2CCC(c3ccc(-c4cc(F)c(I)c(F)c4)c(F)c3)CC2)CC1. The Kier molecular flexibility index (Phi) is 6.57. The smallest absolute Gasteiger partial charge is 0.140 e. The largest absolute Gasteiger partial charge is 0.206 e. The predicted octanol–water partition coefficient (Wildman–Crippen LogP) is 8.48. The van der Waals surface area contributed by atoms with E-state index in [9.17, 15) is 13.2 Å². The molecule has 156 valence electrons. The maximum absolute atomic E-state index is 14.8. The maximum atomic E-state index is 14.8. The van der Waals surface area contributed by atoms with Gasteiger partial charge in [-0.25, -0.2) is 13.2 Å². The van der Waals surface area contributed by atoms with Gasteiger partial charge >= 0.3 is 0 Å². The van der Waals surface area contributed by atoms with Crippen molar-refractivity contribution in [2.24, 2.45) is 17.8 Å². The molecule has 0 amide bonds. The fourth-order valence-corrected chi connectivity index (χ4v) is 5.72. The van der Waals surface area contributed by atoms with Gasteiger partial charge in [0.05, 0.1) is 3.57 Å². The minimum atomic E-state index is -0.653. The summed E-state index contributed by atoms with van der Waals surface area (Å²) >= 11 is 1.62. The highest BCUT2D eigenvalue weighted by atomic mass is 127. The van der Waals surface area contributed by atoms with Gasteiger partial charge in [-0.3, -0.25) is 0 Å². The van der Waals surface area contributed by atoms with Gasteiger partial charge < -0.3 is 0 Å². The van der Waals surface area contributed by atoms with E-state index in [-0.39, 0.29) is 14.7 Å². The number of halogens is 4. The Morgan fingerprint density at radius 1 is 0.724 bits per heavy atom. The monoisotopic (exact) mass is 512 g/mol. The molecular weight excluding hydrogens is 484 g/mol. The van der Waals surface area contributed by atoms with Crippen LogP contribution in [-0.2, 0) is 0 Å². The quantitative estimate of drug-likeness (QED) is 0.286. The summed E-state index contributed by atoms with van der Waals surface area (Å²) in [4.78, 5) is 0. The summed E-state index contributed by atoms with van der Waals surface area (Å²) in [5.41, 5.74) is 1.53. The first-order valence-corrected chi connectivity index (χ1v) is 11.9. The van der Waals surface area contributed by atoms with Crippen molar-refractivity contribution in [3.05, 3.63) is 56.9 Å². The van der Waals surface area contributed by atoms with Crippen molar-refractivity contribution in [3.8, 4) is 11.1 Å². The molecule has 2 aliphatic carbocycles. The molecule has 29 heavy (non-hydrogen) atoms. The maximum Gasteiger partial charge on any atom is 0.140 e. The molecule has 0 aliphatic heterocycles. The van der Waals surface area contributed by atoms with E-state index < -0.39 is 17.5 Å². The Morgan fingerprint density at radius 3 is 1.83 bits per heavy atom. The normalized spacial score (nSPS) is 27.8. The first-order chi connectivity index (χ1) is 13.9. The molecular formula is C25H28F3I. The van der Waals surface area contributed by atoms with Crippen LogP contribution in [0, 0.1) is 38.8 Å². The van der Waals surface area contributed by atoms with Crippen LogP contribution < -0.4 is 0 Å². The fraction of sp³-hybridized carbons (Fsp3) is 0.520. The van der Waals surface area contributed by atoms with Crippen LogP contribution in [0.5, 0.6) is 0 Å². The number of rotatable bonds is 3. The Balaban J connectivity index is 1.44. The molecule has 2 aliphatic rings. The molecule has 0 atom stereocenters. The van der Waals surface area contributed by atoms with Gasteiger partial charge in [-0.2, -0.15) is 0 Å². The molecule has 2 aromatic carbocycles. The molecule has 2 aromatic rings. The van der Waals surface area contributed by atoms with E-state index in [1.165, 1.54) is 50.7 Å². The highest BCUT2D eigenvalue weighted by Crippen LogP contribution is 2.44. The van der Waals surface area contributed by atoms with Crippen molar-refractivity contribution >= 4 is 22.6 Å². The van der Waals surface area contributed by atoms with Crippen LogP contribution in [0.1, 0.15) is 69.8 Å². The molecule has 2 saturated carbocycles. The summed E-state index contributed by atoms with van der Waals surface area (Å²) in [5, 5.41) is 0. The molecule has 4 heteroatoms. The lowest BCUT2D eigenvalue weighted by atomic mass is 9.68. The van der Waals surface area contributed by atoms with Crippen LogP contribution in [-0.4, -0.2) is 0 Å². The summed E-state index contributed by atoms with van der Waals surface area (Å²) in [5.74, 6) is 1.30. The van der Waals surface area contributed by atoms with Crippen molar-refractivity contribution in [3.63, 3.8) is 0 Å². The molecule has 0 aromatic heterocycles. The van der Waals surface area contributed by atoms with Gasteiger partial charge in [-0.05, 0) is 114 Å². The van der Waals surface area contributed by atoms with Gasteiger partial charge in [-0.15, -0.1) is 0 Å². The average Bonchev–Trinajstić information content (AvgIpc) is 2.72. The number of benzene rings is 2. The van der Waals surface area contributed by atoms with E-state index in [1.54, 1.807) is 34.7 Å². The standard InChI is InChI=1S/C25H28F3I/c1-15-2-4-16(5-3-15)17-6-8-18(9-7-17)19-10-11-21(22(26)12-19)20-13-23(27)25(29)24(28)14-20/h10-18H,2-9H2,1H3. The van der Waals surface area contributed by atoms with Crippen molar-refractivity contribution in [1.29, 1.82) is 0 Å². The van der Waals surface area contributed by atoms with Crippen LogP contribution in [0.15, 0.2) is 30.3 Å². The molecule has 0 spiro atoms. The molecule has 0 N–H and O–H groups in total. The van der Waals surface area contributed by atoms with Crippen molar-refractivity contribution < 1.29 is 13.2 Å². The third-order valence-corrected chi connectivity index (χ3v) is 8.29. The number of hydrogen-bond acceptors (Lipinski definition) is 0. The van der Waals surface area contributed by atoms with Crippen molar-refractivity contribution in [2.75, 3.05) is 0 Å². The summed E-state index contributed by atoms with van der Waals surface area (Å²) in [6.45, 7) is 2.37. The lowest BCUT2D eigenvalue weighted by Crippen LogP contribution is -2.24. The molecule has 4 rings (SSSR count). The van der Waals surface area contributed by atoms with Crippen LogP contribution in [0.25, 0.3) is 11.1 Å². The Hall–Kier alpha value is -1.04. The summed E-state index contributed by atoms with van der Waals surface area (Å²) < 4.78 is 42.5. The minimum absolute atomic E-state index is 0.0624. The summed E-state index contributed by atoms with van der Waals surface area (Å²) in [6, 6.07) is 7.62. The zero-order chi connectivity index (χ0) is 20.5. The van der Waals surface area contributed by atoms with Crippen molar-refractivity contribution in [1.82, 2.24) is 0 Å². The van der Waals surface area contributed by atoms with Crippen LogP contribution in [0.4, 0.5) is 13.2 Å². The molecule has 0 saturated heterocycles. The zero-order valence-corrected chi connectivity index (χ0v) is 19.0.